The number of carbonyl (C=O) groups excluding carboxylic acids is 1. The molecule has 0 heterocycles. The Bertz CT molecular complexity index is 221. The summed E-state index contributed by atoms with van der Waals surface area (Å²) in [6.07, 6.45) is 9.73. The molecule has 0 spiro atoms. The molecule has 2 aliphatic rings. The monoisotopic (exact) mass is 209 g/mol. The molecule has 2 atom stereocenters. The minimum Gasteiger partial charge on any atom is -0.353 e. The lowest BCUT2D eigenvalue weighted by Crippen LogP contribution is -2.38. The summed E-state index contributed by atoms with van der Waals surface area (Å²) in [5.41, 5.74) is 0. The average molecular weight is 209 g/mol. The van der Waals surface area contributed by atoms with Crippen molar-refractivity contribution in [1.82, 2.24) is 5.32 Å². The van der Waals surface area contributed by atoms with E-state index < -0.39 is 0 Å². The summed E-state index contributed by atoms with van der Waals surface area (Å²) in [6.45, 7) is 2.28. The fraction of sp³-hybridized carbons (Fsp3) is 0.923. The average Bonchev–Trinajstić information content (AvgIpc) is 2.65. The van der Waals surface area contributed by atoms with Crippen LogP contribution in [0.4, 0.5) is 0 Å². The van der Waals surface area contributed by atoms with Crippen LogP contribution in [0.2, 0.25) is 0 Å². The Morgan fingerprint density at radius 3 is 2.40 bits per heavy atom. The van der Waals surface area contributed by atoms with Gasteiger partial charge in [-0.3, -0.25) is 4.79 Å². The highest BCUT2D eigenvalue weighted by molar-refractivity contribution is 5.79. The van der Waals surface area contributed by atoms with Crippen LogP contribution in [0.3, 0.4) is 0 Å². The van der Waals surface area contributed by atoms with Gasteiger partial charge in [0, 0.05) is 12.0 Å². The molecule has 2 fully saturated rings. The first kappa shape index (κ1) is 11.0. The Hall–Kier alpha value is -0.530. The highest BCUT2D eigenvalue weighted by atomic mass is 16.1. The van der Waals surface area contributed by atoms with Crippen LogP contribution in [0, 0.1) is 11.8 Å². The Kier molecular flexibility index (Phi) is 3.66. The molecule has 2 aliphatic carbocycles. The third-order valence-corrected chi connectivity index (χ3v) is 4.02. The minimum atomic E-state index is 0.328. The van der Waals surface area contributed by atoms with Crippen LogP contribution in [0.5, 0.6) is 0 Å². The van der Waals surface area contributed by atoms with Crippen LogP contribution < -0.4 is 5.32 Å². The van der Waals surface area contributed by atoms with Gasteiger partial charge in [-0.2, -0.15) is 0 Å². The van der Waals surface area contributed by atoms with Gasteiger partial charge in [-0.05, 0) is 38.0 Å². The summed E-state index contributed by atoms with van der Waals surface area (Å²) in [7, 11) is 0. The molecular weight excluding hydrogens is 186 g/mol. The van der Waals surface area contributed by atoms with E-state index in [-0.39, 0.29) is 0 Å². The molecule has 86 valence electrons. The van der Waals surface area contributed by atoms with Crippen LogP contribution >= 0.6 is 0 Å². The van der Waals surface area contributed by atoms with Crippen LogP contribution in [-0.4, -0.2) is 11.9 Å². The molecular formula is C13H23NO. The fourth-order valence-electron chi connectivity index (χ4n) is 3.02. The van der Waals surface area contributed by atoms with E-state index in [1.807, 2.05) is 0 Å². The lowest BCUT2D eigenvalue weighted by molar-refractivity contribution is -0.126. The Balaban J connectivity index is 1.76. The van der Waals surface area contributed by atoms with Crippen LogP contribution in [-0.2, 0) is 4.79 Å². The number of hydrogen-bond donors (Lipinski definition) is 1. The molecule has 0 bridgehead atoms. The maximum absolute atomic E-state index is 11.9. The van der Waals surface area contributed by atoms with Crippen molar-refractivity contribution >= 4 is 5.91 Å². The largest absolute Gasteiger partial charge is 0.353 e. The normalized spacial score (nSPS) is 32.9. The van der Waals surface area contributed by atoms with Crippen LogP contribution in [0.25, 0.3) is 0 Å². The lowest BCUT2D eigenvalue weighted by Gasteiger charge is -2.23. The van der Waals surface area contributed by atoms with E-state index in [4.69, 9.17) is 0 Å². The van der Waals surface area contributed by atoms with Crippen molar-refractivity contribution in [3.8, 4) is 0 Å². The first-order valence-electron chi connectivity index (χ1n) is 6.56. The minimum absolute atomic E-state index is 0.328. The van der Waals surface area contributed by atoms with Gasteiger partial charge >= 0.3 is 0 Å². The smallest absolute Gasteiger partial charge is 0.223 e. The highest BCUT2D eigenvalue weighted by Gasteiger charge is 2.26. The van der Waals surface area contributed by atoms with E-state index >= 15 is 0 Å². The van der Waals surface area contributed by atoms with E-state index in [2.05, 4.69) is 12.2 Å². The predicted octanol–water partition coefficient (Wildman–Crippen LogP) is 2.87. The summed E-state index contributed by atoms with van der Waals surface area (Å²) >= 11 is 0. The van der Waals surface area contributed by atoms with Crippen molar-refractivity contribution in [1.29, 1.82) is 0 Å². The van der Waals surface area contributed by atoms with Gasteiger partial charge in [-0.25, -0.2) is 0 Å². The van der Waals surface area contributed by atoms with Gasteiger partial charge in [0.1, 0.15) is 0 Å². The molecule has 2 heteroatoms. The van der Waals surface area contributed by atoms with Gasteiger partial charge in [-0.1, -0.05) is 26.2 Å². The topological polar surface area (TPSA) is 29.1 Å². The second-order valence-corrected chi connectivity index (χ2v) is 5.46. The Morgan fingerprint density at radius 1 is 1.07 bits per heavy atom. The summed E-state index contributed by atoms with van der Waals surface area (Å²) in [5, 5.41) is 3.24. The molecule has 2 rings (SSSR count). The lowest BCUT2D eigenvalue weighted by atomic mass is 9.88. The summed E-state index contributed by atoms with van der Waals surface area (Å²) in [5.74, 6) is 1.48. The molecule has 0 aliphatic heterocycles. The van der Waals surface area contributed by atoms with E-state index in [9.17, 15) is 4.79 Å². The van der Waals surface area contributed by atoms with Crippen molar-refractivity contribution in [3.63, 3.8) is 0 Å². The van der Waals surface area contributed by atoms with Crippen molar-refractivity contribution in [3.05, 3.63) is 0 Å². The van der Waals surface area contributed by atoms with E-state index in [1.54, 1.807) is 0 Å². The van der Waals surface area contributed by atoms with Gasteiger partial charge in [-0.15, -0.1) is 0 Å². The highest BCUT2D eigenvalue weighted by Crippen LogP contribution is 2.27. The number of hydrogen-bond acceptors (Lipinski definition) is 1. The van der Waals surface area contributed by atoms with Gasteiger partial charge < -0.3 is 5.32 Å². The summed E-state index contributed by atoms with van der Waals surface area (Å²) in [4.78, 5) is 11.9. The Labute approximate surface area is 92.8 Å². The van der Waals surface area contributed by atoms with Gasteiger partial charge in [0.2, 0.25) is 5.91 Å². The Morgan fingerprint density at radius 2 is 1.80 bits per heavy atom. The number of carbonyl (C=O) groups is 1. The first-order valence-corrected chi connectivity index (χ1v) is 6.56. The fourth-order valence-corrected chi connectivity index (χ4v) is 3.02. The van der Waals surface area contributed by atoms with Crippen molar-refractivity contribution < 1.29 is 4.79 Å². The van der Waals surface area contributed by atoms with Gasteiger partial charge in [0.25, 0.3) is 0 Å². The molecule has 1 N–H and O–H groups in total. The zero-order chi connectivity index (χ0) is 10.7. The molecule has 2 saturated carbocycles. The third kappa shape index (κ3) is 2.96. The van der Waals surface area contributed by atoms with Gasteiger partial charge in [0.05, 0.1) is 0 Å². The quantitative estimate of drug-likeness (QED) is 0.744. The second-order valence-electron chi connectivity index (χ2n) is 5.46. The number of nitrogens with one attached hydrogen (secondary N) is 1. The molecule has 0 aromatic heterocycles. The zero-order valence-electron chi connectivity index (χ0n) is 9.80. The molecule has 0 aromatic carbocycles. The van der Waals surface area contributed by atoms with Crippen molar-refractivity contribution in [2.24, 2.45) is 11.8 Å². The molecule has 0 aromatic rings. The summed E-state index contributed by atoms with van der Waals surface area (Å²) < 4.78 is 0. The van der Waals surface area contributed by atoms with Gasteiger partial charge in [0.15, 0.2) is 0 Å². The SMILES string of the molecule is CC1CCC(NC(=O)C2CCCCC2)C1. The number of amides is 1. The van der Waals surface area contributed by atoms with Crippen LogP contribution in [0.15, 0.2) is 0 Å². The maximum Gasteiger partial charge on any atom is 0.223 e. The molecule has 1 amide bonds. The zero-order valence-corrected chi connectivity index (χ0v) is 9.80. The first-order chi connectivity index (χ1) is 7.25. The van der Waals surface area contributed by atoms with E-state index in [1.165, 1.54) is 38.5 Å². The third-order valence-electron chi connectivity index (χ3n) is 4.02. The predicted molar refractivity (Wildman–Crippen MR) is 61.5 cm³/mol. The molecule has 2 unspecified atom stereocenters. The second kappa shape index (κ2) is 5.00. The maximum atomic E-state index is 11.9. The van der Waals surface area contributed by atoms with E-state index in [0.29, 0.717) is 17.9 Å². The standard InChI is InChI=1S/C13H23NO/c1-10-7-8-12(9-10)14-13(15)11-5-3-2-4-6-11/h10-12H,2-9H2,1H3,(H,14,15). The van der Waals surface area contributed by atoms with E-state index in [0.717, 1.165) is 18.8 Å². The molecule has 2 nitrogen and oxygen atoms in total. The summed E-state index contributed by atoms with van der Waals surface area (Å²) in [6, 6.07) is 0.481. The van der Waals surface area contributed by atoms with Crippen LogP contribution in [0.1, 0.15) is 58.3 Å². The van der Waals surface area contributed by atoms with Crippen molar-refractivity contribution in [2.45, 2.75) is 64.3 Å². The molecule has 0 saturated heterocycles. The molecule has 0 radical (unpaired) electrons. The number of rotatable bonds is 2. The van der Waals surface area contributed by atoms with Crippen molar-refractivity contribution in [2.75, 3.05) is 0 Å². The molecule has 15 heavy (non-hydrogen) atoms.